The predicted octanol–water partition coefficient (Wildman–Crippen LogP) is 10.7. The van der Waals surface area contributed by atoms with Crippen LogP contribution in [-0.2, 0) is 0 Å². The second-order valence-electron chi connectivity index (χ2n) is 11.7. The first-order chi connectivity index (χ1) is 22.2. The van der Waals surface area contributed by atoms with Crippen molar-refractivity contribution in [2.75, 3.05) is 19.8 Å². The number of nitrogens with zero attached hydrogens (tertiary/aromatic N) is 3. The van der Waals surface area contributed by atoms with E-state index in [2.05, 4.69) is 72.6 Å². The standard InChI is InChI=1S/C39H51N3O3/c1-4-7-10-13-28-43-34-22-16-31(17-23-34)37-38(32-18-24-35(25-19-32)44-29-14-11-8-5-2)40-42-41-39(37)33-20-26-36(27-21-33)45-30-15-12-9-6-3/h16-27H,4-15,28-30H2,1-3H3. The summed E-state index contributed by atoms with van der Waals surface area (Å²) < 4.78 is 18.0. The first kappa shape index (κ1) is 34.0. The zero-order valence-electron chi connectivity index (χ0n) is 27.6. The number of ether oxygens (including phenoxy) is 3. The second kappa shape index (κ2) is 19.5. The molecule has 0 saturated carbocycles. The summed E-state index contributed by atoms with van der Waals surface area (Å²) in [6.07, 6.45) is 14.2. The lowest BCUT2D eigenvalue weighted by molar-refractivity contribution is 0.305. The first-order valence-corrected chi connectivity index (χ1v) is 17.2. The molecule has 0 N–H and O–H groups in total. The van der Waals surface area contributed by atoms with Gasteiger partial charge in [0.25, 0.3) is 0 Å². The Morgan fingerprint density at radius 3 is 1.07 bits per heavy atom. The lowest BCUT2D eigenvalue weighted by atomic mass is 9.95. The second-order valence-corrected chi connectivity index (χ2v) is 11.7. The van der Waals surface area contributed by atoms with Gasteiger partial charge in [0, 0.05) is 16.7 Å². The molecule has 4 aromatic rings. The summed E-state index contributed by atoms with van der Waals surface area (Å²) in [6.45, 7) is 8.86. The van der Waals surface area contributed by atoms with E-state index < -0.39 is 0 Å². The lowest BCUT2D eigenvalue weighted by Gasteiger charge is -2.15. The van der Waals surface area contributed by atoms with Gasteiger partial charge in [0.15, 0.2) is 0 Å². The molecule has 0 radical (unpaired) electrons. The third kappa shape index (κ3) is 10.9. The summed E-state index contributed by atoms with van der Waals surface area (Å²) in [5.74, 6) is 2.60. The molecule has 1 aromatic heterocycles. The van der Waals surface area contributed by atoms with Crippen LogP contribution in [0.25, 0.3) is 33.6 Å². The lowest BCUT2D eigenvalue weighted by Crippen LogP contribution is -2.01. The molecular formula is C39H51N3O3. The Morgan fingerprint density at radius 2 is 0.733 bits per heavy atom. The fourth-order valence-electron chi connectivity index (χ4n) is 5.29. The van der Waals surface area contributed by atoms with Crippen LogP contribution in [0.1, 0.15) is 97.8 Å². The van der Waals surface area contributed by atoms with Crippen LogP contribution in [0.3, 0.4) is 0 Å². The van der Waals surface area contributed by atoms with Crippen molar-refractivity contribution in [2.45, 2.75) is 97.8 Å². The molecule has 0 unspecified atom stereocenters. The Balaban J connectivity index is 1.58. The van der Waals surface area contributed by atoms with Crippen molar-refractivity contribution in [2.24, 2.45) is 0 Å². The summed E-state index contributed by atoms with van der Waals surface area (Å²) in [6, 6.07) is 24.6. The highest BCUT2D eigenvalue weighted by atomic mass is 16.5. The molecule has 0 aliphatic rings. The molecule has 0 atom stereocenters. The first-order valence-electron chi connectivity index (χ1n) is 17.2. The predicted molar refractivity (Wildman–Crippen MR) is 185 cm³/mol. The molecule has 1 heterocycles. The number of unbranched alkanes of at least 4 members (excludes halogenated alkanes) is 9. The summed E-state index contributed by atoms with van der Waals surface area (Å²) in [7, 11) is 0. The highest BCUT2D eigenvalue weighted by molar-refractivity contribution is 5.90. The molecule has 45 heavy (non-hydrogen) atoms. The van der Waals surface area contributed by atoms with E-state index in [1.54, 1.807) is 0 Å². The maximum Gasteiger partial charge on any atom is 0.119 e. The van der Waals surface area contributed by atoms with Crippen LogP contribution in [0.5, 0.6) is 17.2 Å². The average molecular weight is 610 g/mol. The largest absolute Gasteiger partial charge is 0.494 e. The molecule has 0 aliphatic carbocycles. The van der Waals surface area contributed by atoms with Crippen LogP contribution >= 0.6 is 0 Å². The molecule has 6 nitrogen and oxygen atoms in total. The molecule has 4 rings (SSSR count). The molecule has 0 spiro atoms. The molecule has 0 saturated heterocycles. The van der Waals surface area contributed by atoms with E-state index in [0.717, 1.165) is 90.0 Å². The number of hydrogen-bond acceptors (Lipinski definition) is 6. The minimum atomic E-state index is 0.730. The van der Waals surface area contributed by atoms with Crippen molar-refractivity contribution in [3.05, 3.63) is 72.8 Å². The van der Waals surface area contributed by atoms with Gasteiger partial charge in [0.05, 0.1) is 19.8 Å². The topological polar surface area (TPSA) is 66.4 Å². The Hall–Kier alpha value is -3.93. The smallest absolute Gasteiger partial charge is 0.119 e. The SMILES string of the molecule is CCCCCCOc1ccc(-c2nnnc(-c3ccc(OCCCCCC)cc3)c2-c2ccc(OCCCCCC)cc2)cc1. The van der Waals surface area contributed by atoms with Crippen molar-refractivity contribution in [1.82, 2.24) is 15.4 Å². The van der Waals surface area contributed by atoms with Gasteiger partial charge in [-0.2, -0.15) is 0 Å². The highest BCUT2D eigenvalue weighted by Crippen LogP contribution is 2.38. The molecule has 0 bridgehead atoms. The van der Waals surface area contributed by atoms with Crippen LogP contribution in [-0.4, -0.2) is 35.2 Å². The van der Waals surface area contributed by atoms with Gasteiger partial charge < -0.3 is 14.2 Å². The van der Waals surface area contributed by atoms with Gasteiger partial charge in [0.2, 0.25) is 0 Å². The van der Waals surface area contributed by atoms with Gasteiger partial charge in [-0.3, -0.25) is 0 Å². The highest BCUT2D eigenvalue weighted by Gasteiger charge is 2.18. The van der Waals surface area contributed by atoms with E-state index in [0.29, 0.717) is 0 Å². The van der Waals surface area contributed by atoms with Crippen molar-refractivity contribution >= 4 is 0 Å². The molecule has 3 aromatic carbocycles. The molecule has 0 fully saturated rings. The van der Waals surface area contributed by atoms with Crippen LogP contribution in [0, 0.1) is 0 Å². The zero-order chi connectivity index (χ0) is 31.5. The minimum Gasteiger partial charge on any atom is -0.494 e. The van der Waals surface area contributed by atoms with E-state index in [1.807, 2.05) is 36.4 Å². The molecular weight excluding hydrogens is 558 g/mol. The van der Waals surface area contributed by atoms with Gasteiger partial charge >= 0.3 is 0 Å². The van der Waals surface area contributed by atoms with Crippen LogP contribution < -0.4 is 14.2 Å². The van der Waals surface area contributed by atoms with E-state index in [4.69, 9.17) is 14.2 Å². The number of benzene rings is 3. The third-order valence-corrected chi connectivity index (χ3v) is 7.96. The van der Waals surface area contributed by atoms with E-state index in [-0.39, 0.29) is 0 Å². The fraction of sp³-hybridized carbons (Fsp3) is 0.462. The minimum absolute atomic E-state index is 0.730. The van der Waals surface area contributed by atoms with Crippen LogP contribution in [0.2, 0.25) is 0 Å². The molecule has 6 heteroatoms. The maximum atomic E-state index is 6.04. The quantitative estimate of drug-likeness (QED) is 0.0876. The number of rotatable bonds is 21. The van der Waals surface area contributed by atoms with Crippen molar-refractivity contribution in [3.63, 3.8) is 0 Å². The third-order valence-electron chi connectivity index (χ3n) is 7.96. The van der Waals surface area contributed by atoms with E-state index >= 15 is 0 Å². The Kier molecular flexibility index (Phi) is 14.7. The van der Waals surface area contributed by atoms with Gasteiger partial charge in [-0.25, -0.2) is 0 Å². The van der Waals surface area contributed by atoms with Crippen molar-refractivity contribution < 1.29 is 14.2 Å². The van der Waals surface area contributed by atoms with Crippen LogP contribution in [0.15, 0.2) is 72.8 Å². The summed E-state index contributed by atoms with van der Waals surface area (Å²) in [5, 5.41) is 13.3. The van der Waals surface area contributed by atoms with Gasteiger partial charge in [-0.1, -0.05) is 90.7 Å². The number of aromatic nitrogens is 3. The maximum absolute atomic E-state index is 6.04. The summed E-state index contributed by atoms with van der Waals surface area (Å²) >= 11 is 0. The van der Waals surface area contributed by atoms with Gasteiger partial charge in [0.1, 0.15) is 28.6 Å². The summed E-state index contributed by atoms with van der Waals surface area (Å²) in [5.41, 5.74) is 5.41. The fourth-order valence-corrected chi connectivity index (χ4v) is 5.29. The van der Waals surface area contributed by atoms with Crippen LogP contribution in [0.4, 0.5) is 0 Å². The monoisotopic (exact) mass is 609 g/mol. The van der Waals surface area contributed by atoms with Gasteiger partial charge in [-0.05, 0) is 90.7 Å². The Labute approximate surface area is 270 Å². The Morgan fingerprint density at radius 1 is 0.400 bits per heavy atom. The number of hydrogen-bond donors (Lipinski definition) is 0. The Bertz CT molecular complexity index is 1300. The molecule has 240 valence electrons. The van der Waals surface area contributed by atoms with Crippen molar-refractivity contribution in [3.8, 4) is 50.9 Å². The molecule has 0 aliphatic heterocycles. The average Bonchev–Trinajstić information content (AvgIpc) is 3.08. The molecule has 0 amide bonds. The zero-order valence-corrected chi connectivity index (χ0v) is 27.6. The van der Waals surface area contributed by atoms with Crippen molar-refractivity contribution in [1.29, 1.82) is 0 Å². The van der Waals surface area contributed by atoms with E-state index in [9.17, 15) is 0 Å². The normalized spacial score (nSPS) is 11.0. The summed E-state index contributed by atoms with van der Waals surface area (Å²) in [4.78, 5) is 0. The van der Waals surface area contributed by atoms with E-state index in [1.165, 1.54) is 57.8 Å². The van der Waals surface area contributed by atoms with Gasteiger partial charge in [-0.15, -0.1) is 10.2 Å².